The summed E-state index contributed by atoms with van der Waals surface area (Å²) in [6.45, 7) is 1.89. The van der Waals surface area contributed by atoms with Crippen molar-refractivity contribution < 1.29 is 14.3 Å². The number of para-hydroxylation sites is 1. The number of phenols is 1. The average molecular weight is 496 g/mol. The van der Waals surface area contributed by atoms with Crippen LogP contribution >= 0.6 is 23.1 Å². The Balaban J connectivity index is 1.47. The molecule has 1 atom stereocenters. The van der Waals surface area contributed by atoms with Crippen molar-refractivity contribution in [1.29, 1.82) is 0 Å². The zero-order chi connectivity index (χ0) is 23.9. The number of furan rings is 1. The Morgan fingerprint density at radius 2 is 1.83 bits per heavy atom. The number of thioether (sulfide) groups is 1. The number of ketones is 1. The zero-order valence-corrected chi connectivity index (χ0v) is 20.5. The maximum Gasteiger partial charge on any atom is 0.228 e. The van der Waals surface area contributed by atoms with Gasteiger partial charge < -0.3 is 9.52 Å². The number of carbonyl (C=O) groups is 1. The van der Waals surface area contributed by atoms with Gasteiger partial charge in [-0.05, 0) is 36.6 Å². The summed E-state index contributed by atoms with van der Waals surface area (Å²) in [5.41, 5.74) is 4.20. The normalized spacial score (nSPS) is 15.5. The minimum absolute atomic E-state index is 0.0954. The molecule has 6 rings (SSSR count). The fourth-order valence-corrected chi connectivity index (χ4v) is 6.59. The van der Waals surface area contributed by atoms with Crippen LogP contribution in [0.3, 0.4) is 0 Å². The summed E-state index contributed by atoms with van der Waals surface area (Å²) in [5, 5.41) is 14.1. The SMILES string of the molecule is Cc1c(C(=O)c2ccccc2)oc2cc(O)c(C3=Nc4ccccc4S[C@@H](c4cccs4)C3)cc12. The topological polar surface area (TPSA) is 62.8 Å². The van der Waals surface area contributed by atoms with Gasteiger partial charge in [0, 0.05) is 49.6 Å². The first-order chi connectivity index (χ1) is 17.1. The highest BCUT2D eigenvalue weighted by Gasteiger charge is 2.26. The molecule has 3 aromatic carbocycles. The fourth-order valence-electron chi connectivity index (χ4n) is 4.44. The molecule has 3 heterocycles. The first-order valence-electron chi connectivity index (χ1n) is 11.3. The molecule has 0 fully saturated rings. The number of aromatic hydroxyl groups is 1. The summed E-state index contributed by atoms with van der Waals surface area (Å²) >= 11 is 3.54. The Hall–Kier alpha value is -3.61. The average Bonchev–Trinajstić information content (AvgIpc) is 3.47. The van der Waals surface area contributed by atoms with Crippen molar-refractivity contribution in [3.05, 3.63) is 112 Å². The highest BCUT2D eigenvalue weighted by Crippen LogP contribution is 2.47. The van der Waals surface area contributed by atoms with Crippen LogP contribution in [0.2, 0.25) is 0 Å². The summed E-state index contributed by atoms with van der Waals surface area (Å²) in [4.78, 5) is 20.5. The van der Waals surface area contributed by atoms with Gasteiger partial charge in [-0.3, -0.25) is 9.79 Å². The van der Waals surface area contributed by atoms with Crippen molar-refractivity contribution in [1.82, 2.24) is 0 Å². The monoisotopic (exact) mass is 495 g/mol. The number of fused-ring (bicyclic) bond motifs is 2. The van der Waals surface area contributed by atoms with Crippen molar-refractivity contribution in [2.45, 2.75) is 23.5 Å². The van der Waals surface area contributed by atoms with Gasteiger partial charge in [0.2, 0.25) is 5.78 Å². The third kappa shape index (κ3) is 3.99. The number of aliphatic imine (C=N–C) groups is 1. The molecule has 0 saturated heterocycles. The summed E-state index contributed by atoms with van der Waals surface area (Å²) < 4.78 is 5.95. The molecule has 2 aromatic heterocycles. The summed E-state index contributed by atoms with van der Waals surface area (Å²) in [5.74, 6) is 0.219. The smallest absolute Gasteiger partial charge is 0.228 e. The number of nitrogens with zero attached hydrogens (tertiary/aromatic N) is 1. The van der Waals surface area contributed by atoms with Gasteiger partial charge in [0.05, 0.1) is 11.4 Å². The molecule has 0 spiro atoms. The number of benzene rings is 3. The third-order valence-corrected chi connectivity index (χ3v) is 8.68. The molecule has 0 amide bonds. The Morgan fingerprint density at radius 3 is 2.63 bits per heavy atom. The van der Waals surface area contributed by atoms with Gasteiger partial charge in [0.15, 0.2) is 5.76 Å². The molecule has 1 N–H and O–H groups in total. The van der Waals surface area contributed by atoms with Gasteiger partial charge >= 0.3 is 0 Å². The largest absolute Gasteiger partial charge is 0.507 e. The lowest BCUT2D eigenvalue weighted by molar-refractivity contribution is 0.101. The number of carbonyl (C=O) groups excluding carboxylic acids is 1. The van der Waals surface area contributed by atoms with E-state index in [4.69, 9.17) is 9.41 Å². The lowest BCUT2D eigenvalue weighted by Crippen LogP contribution is -2.05. The van der Waals surface area contributed by atoms with Gasteiger partial charge in [-0.25, -0.2) is 0 Å². The van der Waals surface area contributed by atoms with Crippen LogP contribution in [-0.2, 0) is 0 Å². The molecule has 172 valence electrons. The Bertz CT molecular complexity index is 1580. The zero-order valence-electron chi connectivity index (χ0n) is 18.9. The molecular weight excluding hydrogens is 474 g/mol. The molecule has 0 bridgehead atoms. The van der Waals surface area contributed by atoms with Crippen molar-refractivity contribution in [2.75, 3.05) is 0 Å². The van der Waals surface area contributed by atoms with E-state index in [-0.39, 0.29) is 16.8 Å². The quantitative estimate of drug-likeness (QED) is 0.256. The number of hydrogen-bond acceptors (Lipinski definition) is 6. The van der Waals surface area contributed by atoms with Gasteiger partial charge in [0.25, 0.3) is 0 Å². The molecule has 0 radical (unpaired) electrons. The number of hydrogen-bond donors (Lipinski definition) is 1. The number of rotatable bonds is 4. The standard InChI is InChI=1S/C29H21NO3S2/c1-17-19-14-20(23(31)16-24(19)33-29(17)28(32)18-8-3-2-4-9-18)22-15-27(26-12-7-13-34-26)35-25-11-6-5-10-21(25)30-22/h2-14,16,27,31H,15H2,1H3/t27-/m1/s1. The van der Waals surface area contributed by atoms with E-state index in [1.54, 1.807) is 41.3 Å². The first-order valence-corrected chi connectivity index (χ1v) is 13.1. The maximum atomic E-state index is 13.1. The summed E-state index contributed by atoms with van der Waals surface area (Å²) in [6.07, 6.45) is 0.672. The Labute approximate surface area is 211 Å². The van der Waals surface area contributed by atoms with E-state index in [0.29, 0.717) is 28.9 Å². The van der Waals surface area contributed by atoms with Crippen molar-refractivity contribution in [3.8, 4) is 5.75 Å². The van der Waals surface area contributed by atoms with E-state index in [0.717, 1.165) is 27.2 Å². The van der Waals surface area contributed by atoms with Crippen molar-refractivity contribution in [3.63, 3.8) is 0 Å². The van der Waals surface area contributed by atoms with E-state index in [2.05, 4.69) is 23.6 Å². The van der Waals surface area contributed by atoms with Crippen LogP contribution in [0.15, 0.2) is 98.5 Å². The number of phenolic OH excluding ortho intramolecular Hbond substituents is 1. The van der Waals surface area contributed by atoms with Crippen molar-refractivity contribution >= 4 is 51.3 Å². The highest BCUT2D eigenvalue weighted by molar-refractivity contribution is 7.99. The van der Waals surface area contributed by atoms with Crippen molar-refractivity contribution in [2.24, 2.45) is 4.99 Å². The lowest BCUT2D eigenvalue weighted by atomic mass is 9.99. The third-order valence-electron chi connectivity index (χ3n) is 6.24. The minimum Gasteiger partial charge on any atom is -0.507 e. The molecule has 1 aliphatic heterocycles. The second-order valence-corrected chi connectivity index (χ2v) is 10.7. The second kappa shape index (κ2) is 8.87. The Kier molecular flexibility index (Phi) is 5.55. The first kappa shape index (κ1) is 21.9. The van der Waals surface area contributed by atoms with Crippen LogP contribution in [-0.4, -0.2) is 16.6 Å². The van der Waals surface area contributed by atoms with Gasteiger partial charge in [0.1, 0.15) is 11.3 Å². The predicted molar refractivity (Wildman–Crippen MR) is 143 cm³/mol. The number of aryl methyl sites for hydroxylation is 1. The van der Waals surface area contributed by atoms with Gasteiger partial charge in [-0.2, -0.15) is 0 Å². The highest BCUT2D eigenvalue weighted by atomic mass is 32.2. The molecule has 6 heteroatoms. The fraction of sp³-hybridized carbons (Fsp3) is 0.103. The van der Waals surface area contributed by atoms with Crippen LogP contribution in [0, 0.1) is 6.92 Å². The molecule has 4 nitrogen and oxygen atoms in total. The van der Waals surface area contributed by atoms with Crippen LogP contribution < -0.4 is 0 Å². The molecular formula is C29H21NO3S2. The van der Waals surface area contributed by atoms with E-state index in [1.807, 2.05) is 49.4 Å². The van der Waals surface area contributed by atoms with E-state index in [1.165, 1.54) is 4.88 Å². The summed E-state index contributed by atoms with van der Waals surface area (Å²) in [7, 11) is 0. The molecule has 0 aliphatic carbocycles. The lowest BCUT2D eigenvalue weighted by Gasteiger charge is -2.14. The predicted octanol–water partition coefficient (Wildman–Crippen LogP) is 8.10. The Morgan fingerprint density at radius 1 is 1.03 bits per heavy atom. The van der Waals surface area contributed by atoms with Crippen LogP contribution in [0.25, 0.3) is 11.0 Å². The number of thiophene rings is 1. The molecule has 5 aromatic rings. The van der Waals surface area contributed by atoms with Gasteiger partial charge in [-0.15, -0.1) is 23.1 Å². The van der Waals surface area contributed by atoms with Crippen LogP contribution in [0.5, 0.6) is 5.75 Å². The maximum absolute atomic E-state index is 13.1. The van der Waals surface area contributed by atoms with E-state index < -0.39 is 0 Å². The minimum atomic E-state index is -0.171. The molecule has 0 saturated carbocycles. The molecule has 0 unspecified atom stereocenters. The second-order valence-electron chi connectivity index (χ2n) is 8.47. The van der Waals surface area contributed by atoms with E-state index >= 15 is 0 Å². The molecule has 35 heavy (non-hydrogen) atoms. The van der Waals surface area contributed by atoms with Crippen LogP contribution in [0.1, 0.15) is 43.8 Å². The molecule has 1 aliphatic rings. The summed E-state index contributed by atoms with van der Waals surface area (Å²) in [6, 6.07) is 24.9. The van der Waals surface area contributed by atoms with E-state index in [9.17, 15) is 9.90 Å². The van der Waals surface area contributed by atoms with Gasteiger partial charge in [-0.1, -0.05) is 48.5 Å². The van der Waals surface area contributed by atoms with Crippen LogP contribution in [0.4, 0.5) is 5.69 Å².